The first-order valence-electron chi connectivity index (χ1n) is 20.4. The molecule has 0 saturated heterocycles. The molecule has 1 aromatic heterocycles. The molecule has 5 unspecified atom stereocenters. The second-order valence-electron chi connectivity index (χ2n) is 17.5. The Morgan fingerprint density at radius 1 is 0.472 bits per heavy atom. The van der Waals surface area contributed by atoms with E-state index in [1.54, 1.807) is 22.3 Å². The van der Waals surface area contributed by atoms with Crippen molar-refractivity contribution in [1.29, 1.82) is 0 Å². The van der Waals surface area contributed by atoms with Gasteiger partial charge in [-0.1, -0.05) is 97.8 Å². The van der Waals surface area contributed by atoms with E-state index in [2.05, 4.69) is 132 Å². The van der Waals surface area contributed by atoms with Crippen molar-refractivity contribution in [3.63, 3.8) is 0 Å². The van der Waals surface area contributed by atoms with E-state index in [1.807, 2.05) is 11.3 Å². The van der Waals surface area contributed by atoms with Crippen molar-refractivity contribution in [2.75, 3.05) is 4.90 Å². The average molecular weight is 702 g/mol. The Bertz CT molecular complexity index is 2660. The Hall–Kier alpha value is -4.66. The standard InChI is InChI=1S/C51H43NS/c1-4-12-44-38(9-1)40-20-17-35(28-46(40)50(44)23-7-8-24-50)52(37-19-22-43-42-11-3-6-14-48(42)53-49(43)30-37)36-18-21-41-39-10-2-5-13-45(39)51(47(41)29-36)33-16-15-31-25-34(51)27-32(31)26-33/h1-6,9-14,17-22,28-34H,7-8,15-16,23-27H2. The number of hydrogen-bond acceptors (Lipinski definition) is 2. The van der Waals surface area contributed by atoms with Gasteiger partial charge in [0.2, 0.25) is 0 Å². The van der Waals surface area contributed by atoms with Crippen molar-refractivity contribution in [3.05, 3.63) is 150 Å². The molecule has 0 N–H and O–H groups in total. The maximum absolute atomic E-state index is 2.68. The van der Waals surface area contributed by atoms with Gasteiger partial charge < -0.3 is 4.90 Å². The fourth-order valence-electron chi connectivity index (χ4n) is 13.6. The van der Waals surface area contributed by atoms with Gasteiger partial charge in [0.05, 0.1) is 0 Å². The highest BCUT2D eigenvalue weighted by molar-refractivity contribution is 7.25. The molecule has 2 heteroatoms. The first kappa shape index (κ1) is 29.8. The Kier molecular flexibility index (Phi) is 5.90. The lowest BCUT2D eigenvalue weighted by atomic mass is 9.54. The van der Waals surface area contributed by atoms with Gasteiger partial charge in [0.1, 0.15) is 0 Å². The van der Waals surface area contributed by atoms with Crippen LogP contribution < -0.4 is 4.90 Å². The highest BCUT2D eigenvalue weighted by Crippen LogP contribution is 2.70. The van der Waals surface area contributed by atoms with E-state index >= 15 is 0 Å². The van der Waals surface area contributed by atoms with E-state index in [0.29, 0.717) is 0 Å². The third kappa shape index (κ3) is 3.74. The molecule has 0 amide bonds. The molecule has 6 aliphatic rings. The van der Waals surface area contributed by atoms with Crippen molar-refractivity contribution >= 4 is 48.6 Å². The third-order valence-electron chi connectivity index (χ3n) is 15.6. The molecule has 6 aromatic carbocycles. The summed E-state index contributed by atoms with van der Waals surface area (Å²) in [6, 6.07) is 50.2. The lowest BCUT2D eigenvalue weighted by Crippen LogP contribution is -2.45. The summed E-state index contributed by atoms with van der Waals surface area (Å²) < 4.78 is 2.73. The van der Waals surface area contributed by atoms with Gasteiger partial charge in [-0.25, -0.2) is 0 Å². The number of nitrogens with zero attached hydrogens (tertiary/aromatic N) is 1. The van der Waals surface area contributed by atoms with Crippen LogP contribution in [0.1, 0.15) is 80.0 Å². The lowest BCUT2D eigenvalue weighted by Gasteiger charge is -2.49. The summed E-state index contributed by atoms with van der Waals surface area (Å²) in [6.07, 6.45) is 12.2. The molecular weight excluding hydrogens is 659 g/mol. The van der Waals surface area contributed by atoms with E-state index in [9.17, 15) is 0 Å². The van der Waals surface area contributed by atoms with Gasteiger partial charge in [-0.2, -0.15) is 0 Å². The van der Waals surface area contributed by atoms with Gasteiger partial charge in [0.25, 0.3) is 0 Å². The van der Waals surface area contributed by atoms with Crippen LogP contribution in [-0.4, -0.2) is 0 Å². The van der Waals surface area contributed by atoms with Crippen molar-refractivity contribution < 1.29 is 0 Å². The summed E-state index contributed by atoms with van der Waals surface area (Å²) in [4.78, 5) is 2.63. The molecule has 13 rings (SSSR count). The van der Waals surface area contributed by atoms with Crippen LogP contribution >= 0.6 is 11.3 Å². The molecule has 1 heterocycles. The van der Waals surface area contributed by atoms with E-state index in [4.69, 9.17) is 0 Å². The molecule has 0 radical (unpaired) electrons. The highest BCUT2D eigenvalue weighted by Gasteiger charge is 2.62. The van der Waals surface area contributed by atoms with E-state index in [0.717, 1.165) is 23.7 Å². The molecule has 4 fully saturated rings. The summed E-state index contributed by atoms with van der Waals surface area (Å²) in [5.41, 5.74) is 16.4. The van der Waals surface area contributed by atoms with Gasteiger partial charge >= 0.3 is 0 Å². The first-order valence-corrected chi connectivity index (χ1v) is 21.2. The Balaban J connectivity index is 1.05. The number of fused-ring (bicyclic) bond motifs is 17. The van der Waals surface area contributed by atoms with E-state index in [1.165, 1.54) is 117 Å². The number of hydrogen-bond donors (Lipinski definition) is 0. The third-order valence-corrected chi connectivity index (χ3v) is 16.7. The van der Waals surface area contributed by atoms with Crippen molar-refractivity contribution in [2.45, 2.75) is 68.6 Å². The van der Waals surface area contributed by atoms with Gasteiger partial charge in [0.15, 0.2) is 0 Å². The second kappa shape index (κ2) is 10.5. The maximum atomic E-state index is 2.68. The minimum absolute atomic E-state index is 0.132. The van der Waals surface area contributed by atoms with Gasteiger partial charge in [-0.15, -0.1) is 11.3 Å². The molecule has 5 atom stereocenters. The molecule has 0 aliphatic heterocycles. The van der Waals surface area contributed by atoms with Crippen LogP contribution in [0.2, 0.25) is 0 Å². The van der Waals surface area contributed by atoms with Crippen LogP contribution in [0.25, 0.3) is 42.4 Å². The smallest absolute Gasteiger partial charge is 0.0476 e. The Labute approximate surface area is 316 Å². The van der Waals surface area contributed by atoms with Crippen LogP contribution in [0.4, 0.5) is 17.1 Å². The molecule has 2 spiro atoms. The molecule has 4 saturated carbocycles. The molecular formula is C51H43NS. The summed E-state index contributed by atoms with van der Waals surface area (Å²) in [5, 5.41) is 2.73. The molecule has 6 aliphatic carbocycles. The Morgan fingerprint density at radius 3 is 1.92 bits per heavy atom. The van der Waals surface area contributed by atoms with Crippen molar-refractivity contribution in [1.82, 2.24) is 0 Å². The number of anilines is 3. The summed E-state index contributed by atoms with van der Waals surface area (Å²) >= 11 is 1.93. The predicted molar refractivity (Wildman–Crippen MR) is 222 cm³/mol. The van der Waals surface area contributed by atoms with Crippen LogP contribution in [0, 0.1) is 23.7 Å². The maximum Gasteiger partial charge on any atom is 0.0476 e. The van der Waals surface area contributed by atoms with Gasteiger partial charge in [0, 0.05) is 48.1 Å². The van der Waals surface area contributed by atoms with Crippen LogP contribution in [0.3, 0.4) is 0 Å². The van der Waals surface area contributed by atoms with E-state index in [-0.39, 0.29) is 10.8 Å². The minimum atomic E-state index is 0.132. The fraction of sp³-hybridized carbons (Fsp3) is 0.294. The highest BCUT2D eigenvalue weighted by atomic mass is 32.1. The first-order chi connectivity index (χ1) is 26.2. The normalized spacial score (nSPS) is 26.4. The molecule has 1 nitrogen and oxygen atoms in total. The zero-order valence-corrected chi connectivity index (χ0v) is 31.0. The predicted octanol–water partition coefficient (Wildman–Crippen LogP) is 14.1. The zero-order valence-electron chi connectivity index (χ0n) is 30.2. The molecule has 3 bridgehead atoms. The average Bonchev–Trinajstić information content (AvgIpc) is 4.01. The second-order valence-corrected chi connectivity index (χ2v) is 18.6. The number of benzene rings is 6. The fourth-order valence-corrected chi connectivity index (χ4v) is 14.8. The van der Waals surface area contributed by atoms with Crippen LogP contribution in [-0.2, 0) is 10.8 Å². The summed E-state index contributed by atoms with van der Waals surface area (Å²) in [6.45, 7) is 0. The van der Waals surface area contributed by atoms with Crippen molar-refractivity contribution in [2.24, 2.45) is 23.7 Å². The number of thiophene rings is 1. The Morgan fingerprint density at radius 2 is 1.08 bits per heavy atom. The summed E-state index contributed by atoms with van der Waals surface area (Å²) in [7, 11) is 0. The summed E-state index contributed by atoms with van der Waals surface area (Å²) in [5.74, 6) is 3.39. The minimum Gasteiger partial charge on any atom is -0.310 e. The zero-order chi connectivity index (χ0) is 34.5. The molecule has 258 valence electrons. The van der Waals surface area contributed by atoms with Crippen LogP contribution in [0.15, 0.2) is 127 Å². The van der Waals surface area contributed by atoms with Crippen LogP contribution in [0.5, 0.6) is 0 Å². The quantitative estimate of drug-likeness (QED) is 0.177. The largest absolute Gasteiger partial charge is 0.310 e. The lowest BCUT2D eigenvalue weighted by molar-refractivity contribution is 0.106. The van der Waals surface area contributed by atoms with Crippen molar-refractivity contribution in [3.8, 4) is 22.3 Å². The topological polar surface area (TPSA) is 3.24 Å². The monoisotopic (exact) mass is 701 g/mol. The molecule has 53 heavy (non-hydrogen) atoms. The van der Waals surface area contributed by atoms with Gasteiger partial charge in [-0.3, -0.25) is 0 Å². The van der Waals surface area contributed by atoms with E-state index < -0.39 is 0 Å². The number of rotatable bonds is 3. The SMILES string of the molecule is c1ccc2c(c1)-c1ccc(N(c3ccc4c(c3)C3(c5ccccc5-4)C4CCC5CC3CC5C4)c3ccc4c(c3)sc3ccccc34)cc1C21CCCC1. The van der Waals surface area contributed by atoms with Gasteiger partial charge in [-0.05, 0) is 156 Å². The molecule has 7 aromatic rings.